The number of fused-ring (bicyclic) bond motifs is 1. The van der Waals surface area contributed by atoms with Crippen molar-refractivity contribution in [3.63, 3.8) is 0 Å². The number of methoxy groups -OCH3 is 1. The molecule has 0 bridgehead atoms. The first-order chi connectivity index (χ1) is 11.3. The van der Waals surface area contributed by atoms with Gasteiger partial charge in [0.25, 0.3) is 0 Å². The van der Waals surface area contributed by atoms with Crippen LogP contribution >= 0.6 is 0 Å². The Kier molecular flexibility index (Phi) is 4.59. The fourth-order valence-corrected chi connectivity index (χ4v) is 2.38. The predicted molar refractivity (Wildman–Crippen MR) is 82.0 cm³/mol. The molecule has 3 heterocycles. The summed E-state index contributed by atoms with van der Waals surface area (Å²) < 4.78 is 11.8. The first-order valence-electron chi connectivity index (χ1n) is 6.75. The van der Waals surface area contributed by atoms with Crippen LogP contribution in [-0.2, 0) is 32.7 Å². The molecule has 4 aromatic rings. The molecular formula is C15H11N6O2Y-. The van der Waals surface area contributed by atoms with E-state index in [2.05, 4.69) is 26.5 Å². The summed E-state index contributed by atoms with van der Waals surface area (Å²) in [6, 6.07) is 9.29. The Bertz CT molecular complexity index is 979. The molecule has 9 heteroatoms. The van der Waals surface area contributed by atoms with Gasteiger partial charge in [-0.1, -0.05) is 12.4 Å². The van der Waals surface area contributed by atoms with Gasteiger partial charge in [-0.15, -0.1) is 6.07 Å². The Morgan fingerprint density at radius 3 is 2.67 bits per heavy atom. The summed E-state index contributed by atoms with van der Waals surface area (Å²) in [7, 11) is 1.62. The molecule has 0 aliphatic heterocycles. The SMILES string of the molecule is COc1ccc(-n2c(-c3nonc3N)nc3cn[c-]cc32)cc1.[Y]. The van der Waals surface area contributed by atoms with Gasteiger partial charge < -0.3 is 20.0 Å². The number of aromatic nitrogens is 5. The van der Waals surface area contributed by atoms with Gasteiger partial charge in [-0.05, 0) is 45.6 Å². The first-order valence-corrected chi connectivity index (χ1v) is 6.75. The summed E-state index contributed by atoms with van der Waals surface area (Å²) in [5.74, 6) is 1.45. The monoisotopic (exact) mass is 396 g/mol. The van der Waals surface area contributed by atoms with E-state index in [0.717, 1.165) is 17.0 Å². The number of ether oxygens (including phenoxy) is 1. The molecule has 4 rings (SSSR count). The summed E-state index contributed by atoms with van der Waals surface area (Å²) in [6.45, 7) is 0. The molecule has 3 aromatic heterocycles. The molecule has 24 heavy (non-hydrogen) atoms. The third-order valence-corrected chi connectivity index (χ3v) is 3.46. The molecule has 1 aromatic carbocycles. The van der Waals surface area contributed by atoms with Gasteiger partial charge in [-0.3, -0.25) is 4.98 Å². The molecular weight excluding hydrogens is 385 g/mol. The number of nitrogens with two attached hydrogens (primary N) is 1. The van der Waals surface area contributed by atoms with Gasteiger partial charge in [0.2, 0.25) is 0 Å². The van der Waals surface area contributed by atoms with E-state index in [0.29, 0.717) is 17.0 Å². The van der Waals surface area contributed by atoms with Crippen LogP contribution in [0.3, 0.4) is 0 Å². The van der Waals surface area contributed by atoms with Crippen molar-refractivity contribution in [2.24, 2.45) is 0 Å². The van der Waals surface area contributed by atoms with Gasteiger partial charge in [-0.2, -0.15) is 0 Å². The normalized spacial score (nSPS) is 10.5. The Morgan fingerprint density at radius 2 is 2.00 bits per heavy atom. The predicted octanol–water partition coefficient (Wildman–Crippen LogP) is 1.86. The second-order valence-electron chi connectivity index (χ2n) is 4.77. The Hall–Kier alpha value is -2.32. The smallest absolute Gasteiger partial charge is 0.199 e. The number of imidazole rings is 1. The van der Waals surface area contributed by atoms with Crippen molar-refractivity contribution in [2.45, 2.75) is 0 Å². The molecule has 0 amide bonds. The van der Waals surface area contributed by atoms with Gasteiger partial charge in [0.05, 0.1) is 7.11 Å². The van der Waals surface area contributed by atoms with Gasteiger partial charge in [0.1, 0.15) is 5.75 Å². The second kappa shape index (κ2) is 6.66. The van der Waals surface area contributed by atoms with E-state index in [9.17, 15) is 0 Å². The molecule has 117 valence electrons. The average Bonchev–Trinajstić information content (AvgIpc) is 3.18. The largest absolute Gasteiger partial charge is 0.497 e. The van der Waals surface area contributed by atoms with Gasteiger partial charge >= 0.3 is 0 Å². The number of hydrogen-bond donors (Lipinski definition) is 1. The summed E-state index contributed by atoms with van der Waals surface area (Å²) in [5, 5.41) is 7.47. The van der Waals surface area contributed by atoms with Crippen LogP contribution in [-0.4, -0.2) is 32.0 Å². The fraction of sp³-hybridized carbons (Fsp3) is 0.0667. The standard InChI is InChI=1S/C15H11N6O2.Y/c1-22-10-4-2-9(3-5-10)21-12-6-7-17-8-11(12)18-15(21)13-14(16)20-23-19-13;/h2-6,8H,1H3,(H2,16,20);/q-1;. The van der Waals surface area contributed by atoms with E-state index in [4.69, 9.17) is 15.1 Å². The third kappa shape index (κ3) is 2.67. The van der Waals surface area contributed by atoms with Crippen molar-refractivity contribution in [1.82, 2.24) is 24.8 Å². The second-order valence-corrected chi connectivity index (χ2v) is 4.77. The zero-order valence-electron chi connectivity index (χ0n) is 12.7. The van der Waals surface area contributed by atoms with Crippen LogP contribution in [0, 0.1) is 6.20 Å². The van der Waals surface area contributed by atoms with Crippen LogP contribution in [0.15, 0.2) is 41.2 Å². The Morgan fingerprint density at radius 1 is 1.21 bits per heavy atom. The molecule has 0 aliphatic carbocycles. The van der Waals surface area contributed by atoms with Crippen LogP contribution in [0.5, 0.6) is 5.75 Å². The number of benzene rings is 1. The van der Waals surface area contributed by atoms with E-state index in [1.165, 1.54) is 0 Å². The molecule has 0 atom stereocenters. The van der Waals surface area contributed by atoms with Crippen LogP contribution in [0.25, 0.3) is 28.2 Å². The topological polar surface area (TPSA) is 105 Å². The van der Waals surface area contributed by atoms with Gasteiger partial charge in [0, 0.05) is 38.4 Å². The van der Waals surface area contributed by atoms with Gasteiger partial charge in [0.15, 0.2) is 17.3 Å². The number of rotatable bonds is 3. The number of nitrogen functional groups attached to an aromatic ring is 1. The molecule has 0 saturated heterocycles. The Labute approximate surface area is 161 Å². The minimum Gasteiger partial charge on any atom is -0.497 e. The van der Waals surface area contributed by atoms with E-state index in [-0.39, 0.29) is 38.5 Å². The average molecular weight is 396 g/mol. The summed E-state index contributed by atoms with van der Waals surface area (Å²) in [5.41, 5.74) is 8.57. The summed E-state index contributed by atoms with van der Waals surface area (Å²) in [6.07, 6.45) is 4.44. The fourth-order valence-electron chi connectivity index (χ4n) is 2.38. The van der Waals surface area contributed by atoms with Gasteiger partial charge in [-0.25, -0.2) is 4.63 Å². The molecule has 8 nitrogen and oxygen atoms in total. The van der Waals surface area contributed by atoms with Crippen molar-refractivity contribution >= 4 is 16.9 Å². The van der Waals surface area contributed by atoms with Crippen LogP contribution in [0.2, 0.25) is 0 Å². The van der Waals surface area contributed by atoms with Crippen molar-refractivity contribution in [1.29, 1.82) is 0 Å². The summed E-state index contributed by atoms with van der Waals surface area (Å²) in [4.78, 5) is 8.52. The number of hydrogen-bond acceptors (Lipinski definition) is 7. The molecule has 0 fully saturated rings. The first kappa shape index (κ1) is 16.5. The van der Waals surface area contributed by atoms with E-state index < -0.39 is 0 Å². The van der Waals surface area contributed by atoms with Crippen LogP contribution in [0.4, 0.5) is 5.82 Å². The molecule has 1 radical (unpaired) electrons. The zero-order valence-corrected chi connectivity index (χ0v) is 15.5. The van der Waals surface area contributed by atoms with Crippen molar-refractivity contribution in [2.75, 3.05) is 12.8 Å². The summed E-state index contributed by atoms with van der Waals surface area (Å²) >= 11 is 0. The van der Waals surface area contributed by atoms with Crippen molar-refractivity contribution in [3.8, 4) is 23.0 Å². The third-order valence-electron chi connectivity index (χ3n) is 3.46. The van der Waals surface area contributed by atoms with E-state index in [1.54, 1.807) is 19.4 Å². The number of pyridine rings is 1. The molecule has 0 spiro atoms. The number of nitrogens with zero attached hydrogens (tertiary/aromatic N) is 5. The molecule has 2 N–H and O–H groups in total. The van der Waals surface area contributed by atoms with E-state index in [1.807, 2.05) is 28.8 Å². The molecule has 0 saturated carbocycles. The van der Waals surface area contributed by atoms with Crippen LogP contribution in [0.1, 0.15) is 0 Å². The maximum atomic E-state index is 5.82. The molecule has 0 aliphatic rings. The molecule has 0 unspecified atom stereocenters. The quantitative estimate of drug-likeness (QED) is 0.527. The minimum atomic E-state index is 0. The van der Waals surface area contributed by atoms with Crippen molar-refractivity contribution in [3.05, 3.63) is 42.7 Å². The van der Waals surface area contributed by atoms with E-state index >= 15 is 0 Å². The van der Waals surface area contributed by atoms with Crippen LogP contribution < -0.4 is 10.5 Å². The maximum Gasteiger partial charge on any atom is 0.199 e. The van der Waals surface area contributed by atoms with Crippen molar-refractivity contribution < 1.29 is 42.1 Å². The number of anilines is 1. The zero-order chi connectivity index (χ0) is 15.8. The minimum absolute atomic E-state index is 0. The Balaban J connectivity index is 0.00000169. The maximum absolute atomic E-state index is 5.82.